The van der Waals surface area contributed by atoms with Gasteiger partial charge in [0, 0.05) is 17.5 Å². The van der Waals surface area contributed by atoms with Crippen molar-refractivity contribution >= 4 is 0 Å². The average molecular weight is 384 g/mol. The van der Waals surface area contributed by atoms with E-state index in [1.807, 2.05) is 0 Å². The predicted molar refractivity (Wildman–Crippen MR) is 115 cm³/mol. The van der Waals surface area contributed by atoms with Gasteiger partial charge in [-0.05, 0) is 37.7 Å². The summed E-state index contributed by atoms with van der Waals surface area (Å²) in [6, 6.07) is 8.94. The summed E-state index contributed by atoms with van der Waals surface area (Å²) in [7, 11) is 0. The molecule has 0 spiro atoms. The van der Waals surface area contributed by atoms with E-state index in [4.69, 9.17) is 10.3 Å². The maximum Gasteiger partial charge on any atom is 0.230 e. The SMILES string of the molecule is CCCCCCCCCCc1ccc(-c2noc([C@H]3CCC[C@@H](N)C3)n2)cc1. The summed E-state index contributed by atoms with van der Waals surface area (Å²) in [5.41, 5.74) is 8.53. The molecule has 0 aliphatic heterocycles. The third-order valence-electron chi connectivity index (χ3n) is 6.04. The maximum absolute atomic E-state index is 6.09. The van der Waals surface area contributed by atoms with E-state index in [2.05, 4.69) is 41.3 Å². The molecule has 3 rings (SSSR count). The molecule has 0 radical (unpaired) electrons. The Labute approximate surface area is 170 Å². The number of hydrogen-bond acceptors (Lipinski definition) is 4. The molecule has 2 atom stereocenters. The van der Waals surface area contributed by atoms with Crippen molar-refractivity contribution in [1.29, 1.82) is 0 Å². The summed E-state index contributed by atoms with van der Waals surface area (Å²) in [5, 5.41) is 4.21. The van der Waals surface area contributed by atoms with Crippen molar-refractivity contribution in [3.63, 3.8) is 0 Å². The van der Waals surface area contributed by atoms with Gasteiger partial charge in [-0.25, -0.2) is 0 Å². The lowest BCUT2D eigenvalue weighted by atomic mass is 9.86. The van der Waals surface area contributed by atoms with Crippen LogP contribution in [-0.2, 0) is 6.42 Å². The van der Waals surface area contributed by atoms with Gasteiger partial charge in [-0.2, -0.15) is 4.98 Å². The molecular weight excluding hydrogens is 346 g/mol. The van der Waals surface area contributed by atoms with Crippen LogP contribution in [0.4, 0.5) is 0 Å². The van der Waals surface area contributed by atoms with Crippen molar-refractivity contribution in [1.82, 2.24) is 10.1 Å². The first-order valence-electron chi connectivity index (χ1n) is 11.4. The van der Waals surface area contributed by atoms with Gasteiger partial charge in [0.15, 0.2) is 0 Å². The number of rotatable bonds is 11. The second-order valence-electron chi connectivity index (χ2n) is 8.50. The standard InChI is InChI=1S/C24H37N3O/c1-2-3-4-5-6-7-8-9-11-19-14-16-20(17-15-19)23-26-24(28-27-23)21-12-10-13-22(25)18-21/h14-17,21-22H,2-13,18,25H2,1H3/t21-,22+/m0/s1. The Morgan fingerprint density at radius 1 is 0.964 bits per heavy atom. The third-order valence-corrected chi connectivity index (χ3v) is 6.04. The average Bonchev–Trinajstić information content (AvgIpc) is 3.21. The lowest BCUT2D eigenvalue weighted by Crippen LogP contribution is -2.26. The van der Waals surface area contributed by atoms with Gasteiger partial charge in [-0.3, -0.25) is 0 Å². The molecule has 0 unspecified atom stereocenters. The van der Waals surface area contributed by atoms with Crippen molar-refractivity contribution in [3.8, 4) is 11.4 Å². The molecule has 4 heteroatoms. The van der Waals surface area contributed by atoms with Crippen molar-refractivity contribution < 1.29 is 4.52 Å². The van der Waals surface area contributed by atoms with Gasteiger partial charge in [-0.15, -0.1) is 0 Å². The highest BCUT2D eigenvalue weighted by Gasteiger charge is 2.25. The summed E-state index contributed by atoms with van der Waals surface area (Å²) >= 11 is 0. The Kier molecular flexibility index (Phi) is 8.53. The molecule has 2 N–H and O–H groups in total. The first-order valence-corrected chi connectivity index (χ1v) is 11.4. The number of nitrogens with zero attached hydrogens (tertiary/aromatic N) is 2. The minimum atomic E-state index is 0.268. The lowest BCUT2D eigenvalue weighted by molar-refractivity contribution is 0.299. The zero-order valence-corrected chi connectivity index (χ0v) is 17.5. The van der Waals surface area contributed by atoms with Gasteiger partial charge in [-0.1, -0.05) is 87.7 Å². The van der Waals surface area contributed by atoms with Crippen LogP contribution in [-0.4, -0.2) is 16.2 Å². The van der Waals surface area contributed by atoms with E-state index in [1.165, 1.54) is 56.9 Å². The summed E-state index contributed by atoms with van der Waals surface area (Å²) in [4.78, 5) is 4.65. The third kappa shape index (κ3) is 6.44. The van der Waals surface area contributed by atoms with E-state index >= 15 is 0 Å². The normalized spacial score (nSPS) is 19.8. The molecule has 1 heterocycles. The molecule has 28 heavy (non-hydrogen) atoms. The van der Waals surface area contributed by atoms with Gasteiger partial charge in [0.05, 0.1) is 0 Å². The summed E-state index contributed by atoms with van der Waals surface area (Å²) in [6.45, 7) is 2.27. The molecule has 154 valence electrons. The van der Waals surface area contributed by atoms with Crippen molar-refractivity contribution in [2.75, 3.05) is 0 Å². The number of aryl methyl sites for hydroxylation is 1. The second-order valence-corrected chi connectivity index (χ2v) is 8.50. The Bertz CT molecular complexity index is 679. The number of hydrogen-bond donors (Lipinski definition) is 1. The van der Waals surface area contributed by atoms with Crippen LogP contribution >= 0.6 is 0 Å². The Morgan fingerprint density at radius 2 is 1.68 bits per heavy atom. The summed E-state index contributed by atoms with van der Waals surface area (Å²) in [5.74, 6) is 1.78. The molecular formula is C24H37N3O. The van der Waals surface area contributed by atoms with Crippen LogP contribution in [0.1, 0.15) is 101 Å². The molecule has 0 bridgehead atoms. The highest BCUT2D eigenvalue weighted by atomic mass is 16.5. The van der Waals surface area contributed by atoms with Crippen molar-refractivity contribution in [3.05, 3.63) is 35.7 Å². The highest BCUT2D eigenvalue weighted by Crippen LogP contribution is 2.32. The van der Waals surface area contributed by atoms with Crippen molar-refractivity contribution in [2.24, 2.45) is 5.73 Å². The molecule has 1 saturated carbocycles. The van der Waals surface area contributed by atoms with Gasteiger partial charge >= 0.3 is 0 Å². The largest absolute Gasteiger partial charge is 0.339 e. The zero-order valence-electron chi connectivity index (χ0n) is 17.5. The molecule has 4 nitrogen and oxygen atoms in total. The van der Waals surface area contributed by atoms with E-state index < -0.39 is 0 Å². The summed E-state index contributed by atoms with van der Waals surface area (Å²) in [6.07, 6.45) is 16.4. The maximum atomic E-state index is 6.09. The Hall–Kier alpha value is -1.68. The minimum Gasteiger partial charge on any atom is -0.339 e. The highest BCUT2D eigenvalue weighted by molar-refractivity contribution is 5.54. The van der Waals surface area contributed by atoms with Crippen LogP contribution in [0.25, 0.3) is 11.4 Å². The quantitative estimate of drug-likeness (QED) is 0.456. The van der Waals surface area contributed by atoms with Crippen LogP contribution in [0.3, 0.4) is 0 Å². The van der Waals surface area contributed by atoms with Gasteiger partial charge in [0.2, 0.25) is 11.7 Å². The fourth-order valence-electron chi connectivity index (χ4n) is 4.25. The molecule has 0 saturated heterocycles. The van der Waals surface area contributed by atoms with E-state index in [0.29, 0.717) is 11.7 Å². The first-order chi connectivity index (χ1) is 13.8. The number of nitrogens with two attached hydrogens (primary N) is 1. The lowest BCUT2D eigenvalue weighted by Gasteiger charge is -2.23. The monoisotopic (exact) mass is 383 g/mol. The number of unbranched alkanes of at least 4 members (excludes halogenated alkanes) is 7. The van der Waals surface area contributed by atoms with Gasteiger partial charge in [0.1, 0.15) is 0 Å². The minimum absolute atomic E-state index is 0.268. The van der Waals surface area contributed by atoms with E-state index in [-0.39, 0.29) is 6.04 Å². The van der Waals surface area contributed by atoms with Gasteiger partial charge in [0.25, 0.3) is 0 Å². The number of aromatic nitrogens is 2. The molecule has 1 aromatic carbocycles. The molecule has 1 aromatic heterocycles. The topological polar surface area (TPSA) is 64.9 Å². The van der Waals surface area contributed by atoms with E-state index in [9.17, 15) is 0 Å². The molecule has 1 aliphatic carbocycles. The van der Waals surface area contributed by atoms with Crippen LogP contribution in [0, 0.1) is 0 Å². The van der Waals surface area contributed by atoms with E-state index in [0.717, 1.165) is 43.6 Å². The smallest absolute Gasteiger partial charge is 0.230 e. The van der Waals surface area contributed by atoms with Crippen LogP contribution in [0.15, 0.2) is 28.8 Å². The molecule has 1 aliphatic rings. The van der Waals surface area contributed by atoms with Crippen molar-refractivity contribution in [2.45, 2.75) is 102 Å². The Balaban J connectivity index is 1.42. The van der Waals surface area contributed by atoms with E-state index in [1.54, 1.807) is 0 Å². The van der Waals surface area contributed by atoms with Crippen LogP contribution in [0.2, 0.25) is 0 Å². The van der Waals surface area contributed by atoms with Gasteiger partial charge < -0.3 is 10.3 Å². The fraction of sp³-hybridized carbons (Fsp3) is 0.667. The predicted octanol–water partition coefficient (Wildman–Crippen LogP) is 6.40. The molecule has 0 amide bonds. The second kappa shape index (κ2) is 11.4. The molecule has 1 fully saturated rings. The zero-order chi connectivity index (χ0) is 19.6. The molecule has 2 aromatic rings. The fourth-order valence-corrected chi connectivity index (χ4v) is 4.25. The summed E-state index contributed by atoms with van der Waals surface area (Å²) < 4.78 is 5.55. The Morgan fingerprint density at radius 3 is 2.39 bits per heavy atom. The first kappa shape index (κ1) is 21.0. The van der Waals surface area contributed by atoms with Crippen LogP contribution in [0.5, 0.6) is 0 Å². The van der Waals surface area contributed by atoms with Crippen LogP contribution < -0.4 is 5.73 Å². The number of benzene rings is 1.